The second-order valence-corrected chi connectivity index (χ2v) is 4.77. The summed E-state index contributed by atoms with van der Waals surface area (Å²) in [5, 5.41) is 16.4. The SMILES string of the molecule is COc1ccc([C@H]2C(C#N)=C(N)Oc3n[nH]c(C)c32)cc1. The van der Waals surface area contributed by atoms with Gasteiger partial charge >= 0.3 is 0 Å². The summed E-state index contributed by atoms with van der Waals surface area (Å²) in [6.45, 7) is 1.89. The van der Waals surface area contributed by atoms with E-state index in [0.717, 1.165) is 22.6 Å². The van der Waals surface area contributed by atoms with Crippen molar-refractivity contribution in [2.45, 2.75) is 12.8 Å². The van der Waals surface area contributed by atoms with Gasteiger partial charge in [-0.15, -0.1) is 5.10 Å². The molecule has 0 bridgehead atoms. The number of aromatic nitrogens is 2. The predicted molar refractivity (Wildman–Crippen MR) is 75.6 cm³/mol. The molecule has 0 saturated heterocycles. The number of nitrogens with two attached hydrogens (primary N) is 1. The van der Waals surface area contributed by atoms with Crippen LogP contribution in [0.1, 0.15) is 22.7 Å². The van der Waals surface area contributed by atoms with Crippen LogP contribution in [0.2, 0.25) is 0 Å². The lowest BCUT2D eigenvalue weighted by Crippen LogP contribution is -2.21. The van der Waals surface area contributed by atoms with Gasteiger partial charge in [0.1, 0.15) is 17.4 Å². The molecule has 3 rings (SSSR count). The minimum Gasteiger partial charge on any atom is -0.497 e. The van der Waals surface area contributed by atoms with Crippen molar-refractivity contribution < 1.29 is 9.47 Å². The first-order valence-electron chi connectivity index (χ1n) is 6.42. The van der Waals surface area contributed by atoms with E-state index in [1.54, 1.807) is 7.11 Å². The molecule has 0 spiro atoms. The van der Waals surface area contributed by atoms with E-state index < -0.39 is 0 Å². The lowest BCUT2D eigenvalue weighted by Gasteiger charge is -2.23. The van der Waals surface area contributed by atoms with Crippen molar-refractivity contribution in [1.82, 2.24) is 10.2 Å². The number of nitrogens with zero attached hydrogens (tertiary/aromatic N) is 2. The number of hydrogen-bond donors (Lipinski definition) is 2. The first-order valence-corrected chi connectivity index (χ1v) is 6.42. The van der Waals surface area contributed by atoms with E-state index in [9.17, 15) is 5.26 Å². The third-order valence-electron chi connectivity index (χ3n) is 3.58. The molecule has 6 nitrogen and oxygen atoms in total. The number of allylic oxidation sites excluding steroid dienone is 1. The highest BCUT2D eigenvalue weighted by Gasteiger charge is 2.34. The van der Waals surface area contributed by atoms with Gasteiger partial charge < -0.3 is 15.2 Å². The van der Waals surface area contributed by atoms with E-state index in [2.05, 4.69) is 16.3 Å². The number of aromatic amines is 1. The third kappa shape index (κ3) is 1.99. The summed E-state index contributed by atoms with van der Waals surface area (Å²) in [4.78, 5) is 0. The Kier molecular flexibility index (Phi) is 3.03. The van der Waals surface area contributed by atoms with E-state index in [1.807, 2.05) is 31.2 Å². The molecule has 0 unspecified atom stereocenters. The molecule has 0 saturated carbocycles. The Morgan fingerprint density at radius 2 is 2.10 bits per heavy atom. The maximum absolute atomic E-state index is 9.42. The van der Waals surface area contributed by atoms with Crippen molar-refractivity contribution in [2.24, 2.45) is 5.73 Å². The molecule has 6 heteroatoms. The van der Waals surface area contributed by atoms with Gasteiger partial charge in [0.05, 0.1) is 13.0 Å². The van der Waals surface area contributed by atoms with Crippen molar-refractivity contribution in [1.29, 1.82) is 5.26 Å². The normalized spacial score (nSPS) is 16.9. The largest absolute Gasteiger partial charge is 0.497 e. The Labute approximate surface area is 121 Å². The zero-order chi connectivity index (χ0) is 15.0. The Morgan fingerprint density at radius 1 is 1.38 bits per heavy atom. The van der Waals surface area contributed by atoms with E-state index >= 15 is 0 Å². The number of ether oxygens (including phenoxy) is 2. The van der Waals surface area contributed by atoms with E-state index in [0.29, 0.717) is 11.5 Å². The number of H-pyrrole nitrogens is 1. The summed E-state index contributed by atoms with van der Waals surface area (Å²) in [5.74, 6) is 0.982. The topological polar surface area (TPSA) is 96.9 Å². The molecule has 0 amide bonds. The second kappa shape index (κ2) is 4.87. The zero-order valence-electron chi connectivity index (χ0n) is 11.7. The van der Waals surface area contributed by atoms with Gasteiger partial charge in [0, 0.05) is 11.3 Å². The van der Waals surface area contributed by atoms with Gasteiger partial charge in [-0.1, -0.05) is 12.1 Å². The van der Waals surface area contributed by atoms with Crippen LogP contribution in [0.15, 0.2) is 35.7 Å². The Hall–Kier alpha value is -2.94. The fourth-order valence-corrected chi connectivity index (χ4v) is 2.53. The van der Waals surface area contributed by atoms with Crippen molar-refractivity contribution in [2.75, 3.05) is 7.11 Å². The van der Waals surface area contributed by atoms with Crippen LogP contribution in [-0.4, -0.2) is 17.3 Å². The lowest BCUT2D eigenvalue weighted by atomic mass is 9.84. The van der Waals surface area contributed by atoms with Crippen LogP contribution in [0, 0.1) is 18.3 Å². The van der Waals surface area contributed by atoms with E-state index in [-0.39, 0.29) is 11.8 Å². The van der Waals surface area contributed by atoms with Gasteiger partial charge in [-0.25, -0.2) is 0 Å². The van der Waals surface area contributed by atoms with Crippen LogP contribution in [0.25, 0.3) is 0 Å². The summed E-state index contributed by atoms with van der Waals surface area (Å²) in [7, 11) is 1.61. The molecule has 1 aliphatic heterocycles. The minimum absolute atomic E-state index is 0.0947. The average molecular weight is 282 g/mol. The highest BCUT2D eigenvalue weighted by Crippen LogP contribution is 2.42. The van der Waals surface area contributed by atoms with Gasteiger partial charge in [0.15, 0.2) is 0 Å². The van der Waals surface area contributed by atoms with Gasteiger partial charge in [-0.05, 0) is 24.6 Å². The molecule has 0 fully saturated rings. The Balaban J connectivity index is 2.17. The number of aryl methyl sites for hydroxylation is 1. The van der Waals surface area contributed by atoms with Crippen LogP contribution in [0.5, 0.6) is 11.6 Å². The molecule has 1 aromatic heterocycles. The Morgan fingerprint density at radius 3 is 2.71 bits per heavy atom. The molecule has 1 aliphatic rings. The molecule has 1 aromatic carbocycles. The number of nitriles is 1. The fraction of sp³-hybridized carbons (Fsp3) is 0.200. The fourth-order valence-electron chi connectivity index (χ4n) is 2.53. The molecular weight excluding hydrogens is 268 g/mol. The van der Waals surface area contributed by atoms with Gasteiger partial charge in [0.2, 0.25) is 11.8 Å². The number of benzene rings is 1. The van der Waals surface area contributed by atoms with Crippen LogP contribution in [-0.2, 0) is 0 Å². The molecular formula is C15H14N4O2. The Bertz CT molecular complexity index is 753. The summed E-state index contributed by atoms with van der Waals surface area (Å²) >= 11 is 0. The average Bonchev–Trinajstić information content (AvgIpc) is 2.87. The molecule has 2 heterocycles. The molecule has 3 N–H and O–H groups in total. The first-order chi connectivity index (χ1) is 10.2. The molecule has 21 heavy (non-hydrogen) atoms. The summed E-state index contributed by atoms with van der Waals surface area (Å²) in [6, 6.07) is 9.67. The molecule has 1 atom stereocenters. The predicted octanol–water partition coefficient (Wildman–Crippen LogP) is 1.94. The maximum Gasteiger partial charge on any atom is 0.244 e. The smallest absolute Gasteiger partial charge is 0.244 e. The van der Waals surface area contributed by atoms with Crippen molar-refractivity contribution in [3.05, 3.63) is 52.5 Å². The van der Waals surface area contributed by atoms with Crippen LogP contribution in [0.3, 0.4) is 0 Å². The number of methoxy groups -OCH3 is 1. The van der Waals surface area contributed by atoms with Gasteiger partial charge in [0.25, 0.3) is 0 Å². The van der Waals surface area contributed by atoms with Crippen LogP contribution in [0.4, 0.5) is 0 Å². The highest BCUT2D eigenvalue weighted by molar-refractivity contribution is 5.55. The minimum atomic E-state index is -0.289. The van der Waals surface area contributed by atoms with Crippen molar-refractivity contribution >= 4 is 0 Å². The van der Waals surface area contributed by atoms with Gasteiger partial charge in [-0.2, -0.15) is 5.26 Å². The second-order valence-electron chi connectivity index (χ2n) is 4.77. The maximum atomic E-state index is 9.42. The zero-order valence-corrected chi connectivity index (χ0v) is 11.7. The molecule has 2 aromatic rings. The molecule has 0 radical (unpaired) electrons. The number of nitrogens with one attached hydrogen (secondary N) is 1. The van der Waals surface area contributed by atoms with Crippen molar-refractivity contribution in [3.8, 4) is 17.7 Å². The number of fused-ring (bicyclic) bond motifs is 1. The first kappa shape index (κ1) is 13.1. The lowest BCUT2D eigenvalue weighted by molar-refractivity contribution is 0.378. The summed E-state index contributed by atoms with van der Waals surface area (Å²) in [5.41, 5.74) is 8.87. The van der Waals surface area contributed by atoms with Crippen LogP contribution >= 0.6 is 0 Å². The standard InChI is InChI=1S/C15H14N4O2/c1-8-12-13(9-3-5-10(20-2)6-4-9)11(7-16)14(17)21-15(12)19-18-8/h3-6,13H,17H2,1-2H3,(H,18,19)/t13-/m0/s1. The number of rotatable bonds is 2. The highest BCUT2D eigenvalue weighted by atomic mass is 16.5. The van der Waals surface area contributed by atoms with Crippen LogP contribution < -0.4 is 15.2 Å². The quantitative estimate of drug-likeness (QED) is 0.877. The van der Waals surface area contributed by atoms with Gasteiger partial charge in [-0.3, -0.25) is 5.10 Å². The third-order valence-corrected chi connectivity index (χ3v) is 3.58. The van der Waals surface area contributed by atoms with E-state index in [4.69, 9.17) is 15.2 Å². The van der Waals surface area contributed by atoms with Crippen molar-refractivity contribution in [3.63, 3.8) is 0 Å². The monoisotopic (exact) mass is 282 g/mol. The molecule has 0 aliphatic carbocycles. The van der Waals surface area contributed by atoms with E-state index in [1.165, 1.54) is 0 Å². The summed E-state index contributed by atoms with van der Waals surface area (Å²) < 4.78 is 10.6. The summed E-state index contributed by atoms with van der Waals surface area (Å²) in [6.07, 6.45) is 0. The molecule has 106 valence electrons. The number of hydrogen-bond acceptors (Lipinski definition) is 5.